The quantitative estimate of drug-likeness (QED) is 0.0396. The van der Waals surface area contributed by atoms with Crippen LogP contribution in [0.3, 0.4) is 0 Å². The lowest BCUT2D eigenvalue weighted by atomic mass is 9.96. The standard InChI is InChI=1S/C50H95NO18/c1-3-4-5-6-7-8-9-10-11-12-13-14-15-16-17-18-19-20-21-22-23-24-25-26-27-28-35(56)34(51-33(2)55)32-64-48-44(62)41(59)46(37(30-53)66-48)69-50-45(63)42(60)47(38(31-54)67-50)68-49-43(61)40(58)39(57)36(29-52)65-49/h34-50,52-54,56-63H,3-32H2,1-2H3,(H,51,55). The van der Waals surface area contributed by atoms with Gasteiger partial charge in [-0.05, 0) is 6.42 Å². The number of amides is 1. The molecule has 0 radical (unpaired) electrons. The molecule has 0 saturated carbocycles. The van der Waals surface area contributed by atoms with Gasteiger partial charge in [0.1, 0.15) is 73.2 Å². The maximum atomic E-state index is 12.1. The summed E-state index contributed by atoms with van der Waals surface area (Å²) < 4.78 is 33.7. The van der Waals surface area contributed by atoms with Gasteiger partial charge in [0, 0.05) is 6.92 Å². The molecule has 408 valence electrons. The number of aliphatic hydroxyl groups is 11. The fourth-order valence-corrected chi connectivity index (χ4v) is 9.58. The van der Waals surface area contributed by atoms with Crippen LogP contribution < -0.4 is 5.32 Å². The smallest absolute Gasteiger partial charge is 0.217 e. The lowest BCUT2D eigenvalue weighted by Crippen LogP contribution is -2.66. The highest BCUT2D eigenvalue weighted by Crippen LogP contribution is 2.33. The second-order valence-corrected chi connectivity index (χ2v) is 19.8. The van der Waals surface area contributed by atoms with Gasteiger partial charge in [0.2, 0.25) is 5.91 Å². The summed E-state index contributed by atoms with van der Waals surface area (Å²) in [6.45, 7) is 0.854. The van der Waals surface area contributed by atoms with Crippen LogP contribution >= 0.6 is 0 Å². The molecular weight excluding hydrogens is 903 g/mol. The Morgan fingerprint density at radius 1 is 0.464 bits per heavy atom. The minimum absolute atomic E-state index is 0.317. The molecule has 3 rings (SSSR count). The third-order valence-electron chi connectivity index (χ3n) is 14.0. The van der Waals surface area contributed by atoms with Crippen LogP contribution in [0.1, 0.15) is 181 Å². The van der Waals surface area contributed by atoms with Crippen LogP contribution in [0.25, 0.3) is 0 Å². The van der Waals surface area contributed by atoms with Gasteiger partial charge in [-0.25, -0.2) is 0 Å². The van der Waals surface area contributed by atoms with Crippen LogP contribution in [0.2, 0.25) is 0 Å². The number of ether oxygens (including phenoxy) is 6. The molecule has 17 atom stereocenters. The lowest BCUT2D eigenvalue weighted by Gasteiger charge is -2.48. The maximum absolute atomic E-state index is 12.1. The molecule has 69 heavy (non-hydrogen) atoms. The topological polar surface area (TPSA) is 307 Å². The Bertz CT molecular complexity index is 1290. The van der Waals surface area contributed by atoms with Crippen LogP contribution in [0, 0.1) is 0 Å². The van der Waals surface area contributed by atoms with Gasteiger partial charge in [-0.3, -0.25) is 4.79 Å². The molecule has 0 aromatic rings. The summed E-state index contributed by atoms with van der Waals surface area (Å²) in [7, 11) is 0. The van der Waals surface area contributed by atoms with Gasteiger partial charge >= 0.3 is 0 Å². The molecule has 3 saturated heterocycles. The first kappa shape index (κ1) is 62.1. The molecule has 1 amide bonds. The number of nitrogens with one attached hydrogen (secondary N) is 1. The zero-order chi connectivity index (χ0) is 50.6. The Kier molecular flexibility index (Phi) is 32.3. The number of carbonyl (C=O) groups excluding carboxylic acids is 1. The van der Waals surface area contributed by atoms with E-state index in [1.54, 1.807) is 0 Å². The van der Waals surface area contributed by atoms with Gasteiger partial charge in [0.15, 0.2) is 18.9 Å². The summed E-state index contributed by atoms with van der Waals surface area (Å²) in [6, 6.07) is -0.882. The van der Waals surface area contributed by atoms with E-state index in [1.807, 2.05) is 0 Å². The minimum Gasteiger partial charge on any atom is -0.394 e. The predicted octanol–water partition coefficient (Wildman–Crippen LogP) is 2.48. The molecule has 17 unspecified atom stereocenters. The van der Waals surface area contributed by atoms with Crippen LogP contribution in [-0.2, 0) is 33.2 Å². The molecular formula is C50H95NO18. The van der Waals surface area contributed by atoms with Gasteiger partial charge in [-0.2, -0.15) is 0 Å². The molecule has 0 aromatic carbocycles. The summed E-state index contributed by atoms with van der Waals surface area (Å²) in [5, 5.41) is 118. The second-order valence-electron chi connectivity index (χ2n) is 19.8. The summed E-state index contributed by atoms with van der Waals surface area (Å²) in [6.07, 6.45) is 6.30. The maximum Gasteiger partial charge on any atom is 0.217 e. The van der Waals surface area contributed by atoms with E-state index >= 15 is 0 Å². The van der Waals surface area contributed by atoms with Crippen LogP contribution in [0.5, 0.6) is 0 Å². The van der Waals surface area contributed by atoms with Crippen LogP contribution in [0.15, 0.2) is 0 Å². The zero-order valence-corrected chi connectivity index (χ0v) is 41.8. The molecule has 0 spiro atoms. The van der Waals surface area contributed by atoms with E-state index in [1.165, 1.54) is 142 Å². The SMILES string of the molecule is CCCCCCCCCCCCCCCCCCCCCCCCCCCC(O)C(COC1OC(CO)C(OC2OC(CO)C(OC3OC(CO)C(O)C(O)C3O)C(O)C2O)C(O)C1O)NC(C)=O. The normalized spacial score (nSPS) is 32.8. The van der Waals surface area contributed by atoms with Crippen molar-refractivity contribution in [3.8, 4) is 0 Å². The van der Waals surface area contributed by atoms with Gasteiger partial charge in [-0.1, -0.05) is 167 Å². The summed E-state index contributed by atoms with van der Waals surface area (Å²) >= 11 is 0. The summed E-state index contributed by atoms with van der Waals surface area (Å²) in [5.74, 6) is -0.417. The summed E-state index contributed by atoms with van der Waals surface area (Å²) in [5.41, 5.74) is 0. The molecule has 0 aromatic heterocycles. The van der Waals surface area contributed by atoms with Gasteiger partial charge in [0.05, 0.1) is 38.6 Å². The van der Waals surface area contributed by atoms with Crippen molar-refractivity contribution in [2.24, 2.45) is 0 Å². The van der Waals surface area contributed by atoms with Crippen molar-refractivity contribution in [3.63, 3.8) is 0 Å². The zero-order valence-electron chi connectivity index (χ0n) is 41.8. The molecule has 3 aliphatic heterocycles. The minimum atomic E-state index is -1.96. The third kappa shape index (κ3) is 22.0. The molecule has 3 heterocycles. The van der Waals surface area contributed by atoms with Crippen molar-refractivity contribution in [1.29, 1.82) is 0 Å². The molecule has 0 aliphatic carbocycles. The number of carbonyl (C=O) groups is 1. The van der Waals surface area contributed by atoms with E-state index in [0.29, 0.717) is 6.42 Å². The summed E-state index contributed by atoms with van der Waals surface area (Å²) in [4.78, 5) is 12.1. The Labute approximate surface area is 411 Å². The first-order valence-electron chi connectivity index (χ1n) is 26.7. The average molecular weight is 998 g/mol. The largest absolute Gasteiger partial charge is 0.394 e. The first-order chi connectivity index (χ1) is 33.3. The molecule has 19 heteroatoms. The Morgan fingerprint density at radius 3 is 1.17 bits per heavy atom. The van der Waals surface area contributed by atoms with E-state index in [0.717, 1.165) is 25.7 Å². The van der Waals surface area contributed by atoms with Crippen molar-refractivity contribution in [1.82, 2.24) is 5.32 Å². The Balaban J connectivity index is 1.29. The average Bonchev–Trinajstić information content (AvgIpc) is 3.34. The highest BCUT2D eigenvalue weighted by molar-refractivity contribution is 5.73. The molecule has 3 aliphatic rings. The van der Waals surface area contributed by atoms with E-state index in [4.69, 9.17) is 28.4 Å². The highest BCUT2D eigenvalue weighted by Gasteiger charge is 2.53. The number of rotatable bonds is 38. The van der Waals surface area contributed by atoms with Crippen molar-refractivity contribution < 1.29 is 89.4 Å². The second kappa shape index (κ2) is 35.9. The van der Waals surface area contributed by atoms with Crippen LogP contribution in [0.4, 0.5) is 0 Å². The third-order valence-corrected chi connectivity index (χ3v) is 14.0. The van der Waals surface area contributed by atoms with Gasteiger partial charge in [-0.15, -0.1) is 0 Å². The van der Waals surface area contributed by atoms with Gasteiger partial charge in [0.25, 0.3) is 0 Å². The molecule has 0 bridgehead atoms. The molecule has 19 nitrogen and oxygen atoms in total. The molecule has 12 N–H and O–H groups in total. The van der Waals surface area contributed by atoms with Crippen molar-refractivity contribution in [2.75, 3.05) is 26.4 Å². The highest BCUT2D eigenvalue weighted by atomic mass is 16.8. The van der Waals surface area contributed by atoms with Crippen molar-refractivity contribution in [3.05, 3.63) is 0 Å². The number of hydrogen-bond donors (Lipinski definition) is 12. The van der Waals surface area contributed by atoms with Crippen LogP contribution in [-0.4, -0.2) is 193 Å². The number of aliphatic hydroxyl groups excluding tert-OH is 11. The predicted molar refractivity (Wildman–Crippen MR) is 254 cm³/mol. The van der Waals surface area contributed by atoms with Crippen molar-refractivity contribution >= 4 is 5.91 Å². The number of hydrogen-bond acceptors (Lipinski definition) is 18. The lowest BCUT2D eigenvalue weighted by molar-refractivity contribution is -0.379. The number of unbranched alkanes of at least 4 members (excludes halogenated alkanes) is 24. The first-order valence-corrected chi connectivity index (χ1v) is 26.7. The Morgan fingerprint density at radius 2 is 0.797 bits per heavy atom. The molecule has 3 fully saturated rings. The van der Waals surface area contributed by atoms with E-state index in [2.05, 4.69) is 12.2 Å². The van der Waals surface area contributed by atoms with Gasteiger partial charge < -0.3 is 89.9 Å². The fourth-order valence-electron chi connectivity index (χ4n) is 9.58. The van der Waals surface area contributed by atoms with E-state index < -0.39 is 130 Å². The van der Waals surface area contributed by atoms with E-state index in [9.17, 15) is 61.0 Å². The Hall–Kier alpha value is -1.21. The monoisotopic (exact) mass is 998 g/mol. The van der Waals surface area contributed by atoms with Crippen molar-refractivity contribution in [2.45, 2.75) is 285 Å². The fraction of sp³-hybridized carbons (Fsp3) is 0.980. The van der Waals surface area contributed by atoms with E-state index in [-0.39, 0.29) is 6.61 Å².